The number of benzene rings is 1. The van der Waals surface area contributed by atoms with Crippen LogP contribution < -0.4 is 0 Å². The third kappa shape index (κ3) is 2.35. The molecule has 96 valence electrons. The van der Waals surface area contributed by atoms with Gasteiger partial charge in [0.05, 0.1) is 16.0 Å². The van der Waals surface area contributed by atoms with E-state index in [4.69, 9.17) is 4.74 Å². The Morgan fingerprint density at radius 1 is 1.44 bits per heavy atom. The van der Waals surface area contributed by atoms with Gasteiger partial charge in [0.15, 0.2) is 0 Å². The van der Waals surface area contributed by atoms with E-state index in [9.17, 15) is 9.90 Å². The smallest absolute Gasteiger partial charge is 0.333 e. The van der Waals surface area contributed by atoms with E-state index in [2.05, 4.69) is 15.9 Å². The van der Waals surface area contributed by atoms with E-state index in [1.807, 2.05) is 30.3 Å². The lowest BCUT2D eigenvalue weighted by atomic mass is 9.81. The highest BCUT2D eigenvalue weighted by molar-refractivity contribution is 9.09. The van der Waals surface area contributed by atoms with Crippen molar-refractivity contribution < 1.29 is 14.6 Å². The van der Waals surface area contributed by atoms with Crippen LogP contribution >= 0.6 is 15.9 Å². The fraction of sp³-hybridized carbons (Fsp3) is 0.357. The summed E-state index contributed by atoms with van der Waals surface area (Å²) < 4.78 is 4.62. The molecule has 1 aromatic rings. The van der Waals surface area contributed by atoms with Crippen LogP contribution in [-0.4, -0.2) is 24.3 Å². The highest BCUT2D eigenvalue weighted by Gasteiger charge is 2.40. The van der Waals surface area contributed by atoms with Crippen LogP contribution in [0, 0.1) is 0 Å². The molecule has 3 nitrogen and oxygen atoms in total. The zero-order valence-electron chi connectivity index (χ0n) is 10.1. The van der Waals surface area contributed by atoms with Crippen LogP contribution in [-0.2, 0) is 13.9 Å². The number of alkyl halides is 1. The first-order chi connectivity index (χ1) is 8.58. The summed E-state index contributed by atoms with van der Waals surface area (Å²) in [5, 5.41) is 9.39. The first-order valence-corrected chi connectivity index (χ1v) is 6.60. The highest BCUT2D eigenvalue weighted by Crippen LogP contribution is 2.46. The zero-order valence-corrected chi connectivity index (χ0v) is 11.7. The molecule has 0 amide bonds. The quantitative estimate of drug-likeness (QED) is 0.873. The Hall–Kier alpha value is -1.13. The Bertz CT molecular complexity index is 469. The minimum atomic E-state index is -0.905. The molecule has 18 heavy (non-hydrogen) atoms. The van der Waals surface area contributed by atoms with E-state index < -0.39 is 10.3 Å². The summed E-state index contributed by atoms with van der Waals surface area (Å²) >= 11 is 3.62. The lowest BCUT2D eigenvalue weighted by Crippen LogP contribution is -2.33. The first-order valence-electron chi connectivity index (χ1n) is 5.81. The SMILES string of the molecule is COC1C=C(C(=O)O)C(Br)(c2ccccc2)CC1. The molecule has 4 heteroatoms. The molecule has 1 aliphatic rings. The maximum atomic E-state index is 11.5. The number of carboxylic acid groups (broad SMARTS) is 1. The minimum Gasteiger partial charge on any atom is -0.478 e. The van der Waals surface area contributed by atoms with Crippen LogP contribution in [0.1, 0.15) is 18.4 Å². The van der Waals surface area contributed by atoms with Gasteiger partial charge in [-0.15, -0.1) is 0 Å². The van der Waals surface area contributed by atoms with Crippen molar-refractivity contribution in [1.82, 2.24) is 0 Å². The molecular weight excluding hydrogens is 296 g/mol. The minimum absolute atomic E-state index is 0.120. The lowest BCUT2D eigenvalue weighted by molar-refractivity contribution is -0.133. The number of carboxylic acids is 1. The number of methoxy groups -OCH3 is 1. The molecule has 1 aliphatic carbocycles. The van der Waals surface area contributed by atoms with Gasteiger partial charge in [0, 0.05) is 7.11 Å². The van der Waals surface area contributed by atoms with Crippen LogP contribution in [0.4, 0.5) is 0 Å². The molecule has 1 aromatic carbocycles. The number of aliphatic carboxylic acids is 1. The molecule has 0 bridgehead atoms. The summed E-state index contributed by atoms with van der Waals surface area (Å²) in [6.45, 7) is 0. The summed E-state index contributed by atoms with van der Waals surface area (Å²) in [6, 6.07) is 9.64. The van der Waals surface area contributed by atoms with E-state index >= 15 is 0 Å². The summed E-state index contributed by atoms with van der Waals surface area (Å²) in [7, 11) is 1.60. The van der Waals surface area contributed by atoms with Crippen molar-refractivity contribution in [2.45, 2.75) is 23.3 Å². The molecule has 0 saturated carbocycles. The molecule has 0 radical (unpaired) electrons. The van der Waals surface area contributed by atoms with Crippen LogP contribution in [0.15, 0.2) is 42.0 Å². The molecule has 0 saturated heterocycles. The zero-order chi connectivity index (χ0) is 13.2. The van der Waals surface area contributed by atoms with Gasteiger partial charge in [-0.3, -0.25) is 0 Å². The molecule has 0 spiro atoms. The average molecular weight is 311 g/mol. The Morgan fingerprint density at radius 3 is 2.67 bits per heavy atom. The van der Waals surface area contributed by atoms with Gasteiger partial charge in [-0.2, -0.15) is 0 Å². The normalized spacial score (nSPS) is 27.7. The van der Waals surface area contributed by atoms with Crippen molar-refractivity contribution in [1.29, 1.82) is 0 Å². The van der Waals surface area contributed by atoms with Gasteiger partial charge in [-0.25, -0.2) is 4.79 Å². The van der Waals surface area contributed by atoms with Crippen molar-refractivity contribution >= 4 is 21.9 Å². The van der Waals surface area contributed by atoms with Crippen molar-refractivity contribution in [3.8, 4) is 0 Å². The van der Waals surface area contributed by atoms with E-state index in [1.165, 1.54) is 0 Å². The molecule has 2 rings (SSSR count). The van der Waals surface area contributed by atoms with Gasteiger partial charge in [0.1, 0.15) is 0 Å². The molecule has 0 fully saturated rings. The van der Waals surface area contributed by atoms with E-state index in [0.29, 0.717) is 12.0 Å². The van der Waals surface area contributed by atoms with Gasteiger partial charge < -0.3 is 9.84 Å². The second-order valence-corrected chi connectivity index (χ2v) is 5.72. The third-order valence-corrected chi connectivity index (χ3v) is 4.60. The van der Waals surface area contributed by atoms with Gasteiger partial charge in [-0.1, -0.05) is 46.3 Å². The van der Waals surface area contributed by atoms with Crippen LogP contribution in [0.25, 0.3) is 0 Å². The fourth-order valence-corrected chi connectivity index (χ4v) is 3.10. The largest absolute Gasteiger partial charge is 0.478 e. The number of carbonyl (C=O) groups is 1. The highest BCUT2D eigenvalue weighted by atomic mass is 79.9. The summed E-state index contributed by atoms with van der Waals surface area (Å²) in [5.41, 5.74) is 1.32. The maximum absolute atomic E-state index is 11.5. The van der Waals surface area contributed by atoms with Crippen LogP contribution in [0.3, 0.4) is 0 Å². The number of hydrogen-bond acceptors (Lipinski definition) is 2. The predicted octanol–water partition coefficient (Wildman–Crippen LogP) is 3.10. The van der Waals surface area contributed by atoms with Crippen molar-refractivity contribution in [2.24, 2.45) is 0 Å². The second-order valence-electron chi connectivity index (χ2n) is 4.37. The third-order valence-electron chi connectivity index (χ3n) is 3.32. The molecule has 2 unspecified atom stereocenters. The number of ether oxygens (including phenoxy) is 1. The standard InChI is InChI=1S/C14H15BrO3/c1-18-11-7-8-14(15,12(9-11)13(16)17)10-5-3-2-4-6-10/h2-6,9,11H,7-8H2,1H3,(H,16,17). The average Bonchev–Trinajstić information content (AvgIpc) is 2.40. The summed E-state index contributed by atoms with van der Waals surface area (Å²) in [4.78, 5) is 11.5. The van der Waals surface area contributed by atoms with E-state index in [0.717, 1.165) is 12.0 Å². The number of halogens is 1. The second kappa shape index (κ2) is 5.24. The molecule has 2 atom stereocenters. The number of hydrogen-bond donors (Lipinski definition) is 1. The summed E-state index contributed by atoms with van der Waals surface area (Å²) in [5.74, 6) is -0.905. The molecular formula is C14H15BrO3. The van der Waals surface area contributed by atoms with Gasteiger partial charge in [0.25, 0.3) is 0 Å². The number of rotatable bonds is 3. The molecule has 0 aromatic heterocycles. The van der Waals surface area contributed by atoms with Crippen molar-refractivity contribution in [3.05, 3.63) is 47.5 Å². The lowest BCUT2D eigenvalue weighted by Gasteiger charge is -2.34. The summed E-state index contributed by atoms with van der Waals surface area (Å²) in [6.07, 6.45) is 3.08. The maximum Gasteiger partial charge on any atom is 0.333 e. The monoisotopic (exact) mass is 310 g/mol. The molecule has 0 aliphatic heterocycles. The van der Waals surface area contributed by atoms with Crippen molar-refractivity contribution in [3.63, 3.8) is 0 Å². The Labute approximate surface area is 115 Å². The van der Waals surface area contributed by atoms with Crippen molar-refractivity contribution in [2.75, 3.05) is 7.11 Å². The fourth-order valence-electron chi connectivity index (χ4n) is 2.31. The Kier molecular flexibility index (Phi) is 3.88. The predicted molar refractivity (Wildman–Crippen MR) is 72.8 cm³/mol. The Balaban J connectivity index is 2.46. The van der Waals surface area contributed by atoms with E-state index in [-0.39, 0.29) is 6.10 Å². The van der Waals surface area contributed by atoms with Crippen LogP contribution in [0.2, 0.25) is 0 Å². The van der Waals surface area contributed by atoms with Gasteiger partial charge in [-0.05, 0) is 24.5 Å². The molecule has 1 N–H and O–H groups in total. The first kappa shape index (κ1) is 13.3. The van der Waals surface area contributed by atoms with Gasteiger partial charge >= 0.3 is 5.97 Å². The molecule has 0 heterocycles. The van der Waals surface area contributed by atoms with E-state index in [1.54, 1.807) is 13.2 Å². The Morgan fingerprint density at radius 2 is 2.11 bits per heavy atom. The van der Waals surface area contributed by atoms with Gasteiger partial charge in [0.2, 0.25) is 0 Å². The topological polar surface area (TPSA) is 46.5 Å². The van der Waals surface area contributed by atoms with Crippen LogP contribution in [0.5, 0.6) is 0 Å².